The molecule has 0 spiro atoms. The Labute approximate surface area is 117 Å². The Morgan fingerprint density at radius 3 is 2.70 bits per heavy atom. The number of nitrogens with two attached hydrogens (primary N) is 1. The molecule has 0 aliphatic heterocycles. The van der Waals surface area contributed by atoms with Crippen molar-refractivity contribution in [2.24, 2.45) is 5.73 Å². The Kier molecular flexibility index (Phi) is 4.35. The van der Waals surface area contributed by atoms with Crippen LogP contribution in [0.3, 0.4) is 0 Å². The van der Waals surface area contributed by atoms with Gasteiger partial charge < -0.3 is 10.5 Å². The monoisotopic (exact) mass is 266 g/mol. The van der Waals surface area contributed by atoms with Crippen LogP contribution in [0.25, 0.3) is 0 Å². The number of carbonyl (C=O) groups is 1. The van der Waals surface area contributed by atoms with Gasteiger partial charge in [0.25, 0.3) is 5.91 Å². The molecule has 2 aromatic rings. The predicted octanol–water partition coefficient (Wildman–Crippen LogP) is 1.78. The van der Waals surface area contributed by atoms with Crippen LogP contribution >= 0.6 is 0 Å². The molecule has 0 radical (unpaired) electrons. The molecule has 0 bridgehead atoms. The van der Waals surface area contributed by atoms with Crippen molar-refractivity contribution in [2.45, 2.75) is 6.42 Å². The Morgan fingerprint density at radius 2 is 2.05 bits per heavy atom. The van der Waals surface area contributed by atoms with Crippen molar-refractivity contribution < 1.29 is 9.53 Å². The van der Waals surface area contributed by atoms with E-state index in [-0.39, 0.29) is 11.4 Å². The maximum Gasteiger partial charge on any atom is 0.255 e. The van der Waals surface area contributed by atoms with Crippen LogP contribution < -0.4 is 10.5 Å². The number of hydrogen-bond acceptors (Lipinski definition) is 3. The molecule has 2 N–H and O–H groups in total. The van der Waals surface area contributed by atoms with Gasteiger partial charge in [-0.15, -0.1) is 0 Å². The fourth-order valence-corrected chi connectivity index (χ4v) is 1.78. The summed E-state index contributed by atoms with van der Waals surface area (Å²) in [5.74, 6) is 5.57. The van der Waals surface area contributed by atoms with Crippen LogP contribution in [-0.2, 0) is 6.42 Å². The van der Waals surface area contributed by atoms with E-state index in [0.29, 0.717) is 12.0 Å². The van der Waals surface area contributed by atoms with Crippen LogP contribution in [0.1, 0.15) is 21.5 Å². The van der Waals surface area contributed by atoms with Gasteiger partial charge in [0, 0.05) is 18.2 Å². The van der Waals surface area contributed by atoms with Crippen molar-refractivity contribution in [2.75, 3.05) is 7.11 Å². The maximum atomic E-state index is 11.5. The van der Waals surface area contributed by atoms with E-state index < -0.39 is 5.91 Å². The first-order valence-electron chi connectivity index (χ1n) is 6.08. The summed E-state index contributed by atoms with van der Waals surface area (Å²) in [6.45, 7) is 0. The molecule has 20 heavy (non-hydrogen) atoms. The van der Waals surface area contributed by atoms with Gasteiger partial charge in [0.05, 0.1) is 7.11 Å². The molecule has 1 aromatic carbocycles. The molecule has 0 saturated carbocycles. The van der Waals surface area contributed by atoms with Gasteiger partial charge in [-0.25, -0.2) is 4.98 Å². The Hall–Kier alpha value is -2.80. The van der Waals surface area contributed by atoms with Crippen LogP contribution in [0.2, 0.25) is 0 Å². The number of hydrogen-bond donors (Lipinski definition) is 1. The van der Waals surface area contributed by atoms with E-state index in [2.05, 4.69) is 16.8 Å². The lowest BCUT2D eigenvalue weighted by Crippen LogP contribution is -2.15. The van der Waals surface area contributed by atoms with Gasteiger partial charge in [0.1, 0.15) is 5.56 Å². The molecule has 0 atom stereocenters. The van der Waals surface area contributed by atoms with Gasteiger partial charge in [0.2, 0.25) is 5.88 Å². The number of ether oxygens (including phenoxy) is 1. The van der Waals surface area contributed by atoms with Crippen molar-refractivity contribution in [1.82, 2.24) is 4.98 Å². The highest BCUT2D eigenvalue weighted by molar-refractivity contribution is 5.97. The summed E-state index contributed by atoms with van der Waals surface area (Å²) in [7, 11) is 1.44. The van der Waals surface area contributed by atoms with E-state index in [4.69, 9.17) is 10.5 Å². The number of amides is 1. The zero-order chi connectivity index (χ0) is 14.4. The minimum absolute atomic E-state index is 0.198. The molecule has 4 heteroatoms. The summed E-state index contributed by atoms with van der Waals surface area (Å²) in [5, 5.41) is 0. The lowest BCUT2D eigenvalue weighted by molar-refractivity contribution is 0.0996. The molecular formula is C16H14N2O2. The summed E-state index contributed by atoms with van der Waals surface area (Å²) < 4.78 is 5.03. The number of aromatic nitrogens is 1. The smallest absolute Gasteiger partial charge is 0.255 e. The molecule has 0 aliphatic carbocycles. The first-order valence-corrected chi connectivity index (χ1v) is 6.08. The van der Waals surface area contributed by atoms with E-state index in [1.807, 2.05) is 30.3 Å². The second-order valence-electron chi connectivity index (χ2n) is 4.07. The summed E-state index contributed by atoms with van der Waals surface area (Å²) in [6.07, 6.45) is 2.14. The van der Waals surface area contributed by atoms with Crippen LogP contribution in [0.5, 0.6) is 5.88 Å². The molecule has 0 aliphatic rings. The Bertz CT molecular complexity index is 670. The van der Waals surface area contributed by atoms with Crippen LogP contribution in [0, 0.1) is 11.8 Å². The number of primary amides is 1. The third-order valence-corrected chi connectivity index (χ3v) is 2.71. The number of nitrogens with zero attached hydrogens (tertiary/aromatic N) is 1. The summed E-state index contributed by atoms with van der Waals surface area (Å²) in [4.78, 5) is 15.4. The molecule has 0 fully saturated rings. The molecule has 0 saturated heterocycles. The van der Waals surface area contributed by atoms with Gasteiger partial charge in [-0.05, 0) is 11.6 Å². The van der Waals surface area contributed by atoms with E-state index in [0.717, 1.165) is 5.56 Å². The van der Waals surface area contributed by atoms with Gasteiger partial charge in [-0.3, -0.25) is 4.79 Å². The zero-order valence-electron chi connectivity index (χ0n) is 11.1. The highest BCUT2D eigenvalue weighted by Gasteiger charge is 2.14. The van der Waals surface area contributed by atoms with Gasteiger partial charge in [0.15, 0.2) is 0 Å². The van der Waals surface area contributed by atoms with E-state index in [1.165, 1.54) is 13.3 Å². The first kappa shape index (κ1) is 13.6. The van der Waals surface area contributed by atoms with Gasteiger partial charge in [-0.2, -0.15) is 0 Å². The molecule has 2 rings (SSSR count). The fraction of sp³-hybridized carbons (Fsp3) is 0.125. The summed E-state index contributed by atoms with van der Waals surface area (Å²) in [5.41, 5.74) is 7.21. The third kappa shape index (κ3) is 3.15. The zero-order valence-corrected chi connectivity index (χ0v) is 11.1. The highest BCUT2D eigenvalue weighted by Crippen LogP contribution is 2.17. The number of benzene rings is 1. The average Bonchev–Trinajstić information content (AvgIpc) is 2.47. The summed E-state index contributed by atoms with van der Waals surface area (Å²) >= 11 is 0. The minimum atomic E-state index is -0.598. The second kappa shape index (κ2) is 6.39. The Balaban J connectivity index is 2.28. The first-order chi connectivity index (χ1) is 9.72. The molecule has 100 valence electrons. The average molecular weight is 266 g/mol. The van der Waals surface area contributed by atoms with Crippen molar-refractivity contribution in [1.29, 1.82) is 0 Å². The highest BCUT2D eigenvalue weighted by atomic mass is 16.5. The number of carbonyl (C=O) groups excluding carboxylic acids is 1. The molecule has 4 nitrogen and oxygen atoms in total. The number of pyridine rings is 1. The largest absolute Gasteiger partial charge is 0.480 e. The molecule has 1 aromatic heterocycles. The lowest BCUT2D eigenvalue weighted by atomic mass is 10.1. The fourth-order valence-electron chi connectivity index (χ4n) is 1.78. The van der Waals surface area contributed by atoms with Crippen LogP contribution in [0.15, 0.2) is 42.6 Å². The number of rotatable bonds is 3. The number of methoxy groups -OCH3 is 1. The quantitative estimate of drug-likeness (QED) is 0.861. The van der Waals surface area contributed by atoms with E-state index in [1.54, 1.807) is 6.07 Å². The molecular weight excluding hydrogens is 252 g/mol. The lowest BCUT2D eigenvalue weighted by Gasteiger charge is -2.05. The van der Waals surface area contributed by atoms with Gasteiger partial charge in [-0.1, -0.05) is 42.2 Å². The standard InChI is InChI=1S/C16H14N2O2/c1-20-16-14(15(17)19)13(10-11-18-16)9-5-8-12-6-3-2-4-7-12/h2-4,6-7,10-11H,8H2,1H3,(H2,17,19). The molecule has 1 amide bonds. The van der Waals surface area contributed by atoms with Crippen LogP contribution in [0.4, 0.5) is 0 Å². The molecule has 0 unspecified atom stereocenters. The van der Waals surface area contributed by atoms with Crippen LogP contribution in [-0.4, -0.2) is 18.0 Å². The topological polar surface area (TPSA) is 65.2 Å². The van der Waals surface area contributed by atoms with E-state index >= 15 is 0 Å². The van der Waals surface area contributed by atoms with Crippen molar-refractivity contribution in [3.05, 3.63) is 59.3 Å². The second-order valence-corrected chi connectivity index (χ2v) is 4.07. The van der Waals surface area contributed by atoms with Crippen molar-refractivity contribution in [3.8, 4) is 17.7 Å². The Morgan fingerprint density at radius 1 is 1.30 bits per heavy atom. The SMILES string of the molecule is COc1nccc(C#CCc2ccccc2)c1C(N)=O. The van der Waals surface area contributed by atoms with E-state index in [9.17, 15) is 4.79 Å². The van der Waals surface area contributed by atoms with Gasteiger partial charge >= 0.3 is 0 Å². The molecule has 1 heterocycles. The predicted molar refractivity (Wildman–Crippen MR) is 76.3 cm³/mol. The summed E-state index contributed by atoms with van der Waals surface area (Å²) in [6, 6.07) is 11.5. The maximum absolute atomic E-state index is 11.5. The van der Waals surface area contributed by atoms with Crippen molar-refractivity contribution >= 4 is 5.91 Å². The normalized spacial score (nSPS) is 9.45. The minimum Gasteiger partial charge on any atom is -0.480 e. The third-order valence-electron chi connectivity index (χ3n) is 2.71. The van der Waals surface area contributed by atoms with Crippen molar-refractivity contribution in [3.63, 3.8) is 0 Å².